The van der Waals surface area contributed by atoms with E-state index in [0.717, 1.165) is 11.5 Å². The van der Waals surface area contributed by atoms with Crippen molar-refractivity contribution in [1.29, 1.82) is 0 Å². The average molecular weight is 215 g/mol. The Hall–Kier alpha value is -1.68. The van der Waals surface area contributed by atoms with E-state index in [-0.39, 0.29) is 0 Å². The van der Waals surface area contributed by atoms with Gasteiger partial charge >= 0.3 is 0 Å². The molecular formula is C11H9N3S. The van der Waals surface area contributed by atoms with Gasteiger partial charge in [0.15, 0.2) is 0 Å². The van der Waals surface area contributed by atoms with Crippen molar-refractivity contribution in [3.63, 3.8) is 0 Å². The molecule has 0 aromatic carbocycles. The second-order valence-corrected chi connectivity index (χ2v) is 4.28. The third kappa shape index (κ3) is 1.26. The van der Waals surface area contributed by atoms with Crippen LogP contribution in [0.2, 0.25) is 0 Å². The largest absolute Gasteiger partial charge is 0.283 e. The van der Waals surface area contributed by atoms with Crippen molar-refractivity contribution >= 4 is 17.1 Å². The molecule has 15 heavy (non-hydrogen) atoms. The quantitative estimate of drug-likeness (QED) is 0.624. The minimum absolute atomic E-state index is 0.750. The van der Waals surface area contributed by atoms with Gasteiger partial charge < -0.3 is 0 Å². The number of hydrogen-bond acceptors (Lipinski definition) is 3. The highest BCUT2D eigenvalue weighted by Gasteiger charge is 2.09. The maximum atomic E-state index is 4.27. The summed E-state index contributed by atoms with van der Waals surface area (Å²) in [5.41, 5.74) is 2.40. The third-order valence-corrected chi connectivity index (χ3v) is 3.42. The fraction of sp³-hybridized carbons (Fsp3) is 0.0909. The molecule has 3 aromatic rings. The van der Waals surface area contributed by atoms with Gasteiger partial charge in [-0.15, -0.1) is 11.3 Å². The molecule has 3 heterocycles. The molecule has 0 aliphatic rings. The lowest BCUT2D eigenvalue weighted by Gasteiger charge is -1.98. The number of aromatic nitrogens is 3. The molecule has 3 rings (SSSR count). The predicted octanol–water partition coefficient (Wildman–Crippen LogP) is 2.77. The lowest BCUT2D eigenvalue weighted by atomic mass is 10.2. The Morgan fingerprint density at radius 3 is 3.07 bits per heavy atom. The summed E-state index contributed by atoms with van der Waals surface area (Å²) in [7, 11) is 0. The minimum atomic E-state index is 0.750. The van der Waals surface area contributed by atoms with Crippen LogP contribution in [-0.4, -0.2) is 14.4 Å². The summed E-state index contributed by atoms with van der Waals surface area (Å²) in [5.74, 6) is 0.750. The van der Waals surface area contributed by atoms with Gasteiger partial charge in [0, 0.05) is 12.4 Å². The first kappa shape index (κ1) is 8.61. The van der Waals surface area contributed by atoms with Crippen LogP contribution < -0.4 is 0 Å². The van der Waals surface area contributed by atoms with Gasteiger partial charge in [-0.3, -0.25) is 4.40 Å². The highest BCUT2D eigenvalue weighted by molar-refractivity contribution is 7.13. The van der Waals surface area contributed by atoms with Crippen LogP contribution in [0.25, 0.3) is 16.3 Å². The summed E-state index contributed by atoms with van der Waals surface area (Å²) in [5, 5.41) is 2.10. The number of aryl methyl sites for hydroxylation is 1. The fourth-order valence-electron chi connectivity index (χ4n) is 1.63. The van der Waals surface area contributed by atoms with Gasteiger partial charge in [-0.2, -0.15) is 0 Å². The highest BCUT2D eigenvalue weighted by Crippen LogP contribution is 2.28. The summed E-state index contributed by atoms with van der Waals surface area (Å²) in [4.78, 5) is 9.73. The van der Waals surface area contributed by atoms with Gasteiger partial charge in [-0.1, -0.05) is 0 Å². The van der Waals surface area contributed by atoms with Crippen molar-refractivity contribution in [3.05, 3.63) is 41.7 Å². The Balaban J connectivity index is 2.32. The Morgan fingerprint density at radius 2 is 2.27 bits per heavy atom. The summed E-state index contributed by atoms with van der Waals surface area (Å²) < 4.78 is 2.01. The molecule has 74 valence electrons. The number of thiophene rings is 1. The van der Waals surface area contributed by atoms with Crippen LogP contribution in [0, 0.1) is 6.92 Å². The molecule has 0 bridgehead atoms. The van der Waals surface area contributed by atoms with Gasteiger partial charge in [0.05, 0.1) is 16.8 Å². The summed E-state index contributed by atoms with van der Waals surface area (Å²) >= 11 is 1.73. The van der Waals surface area contributed by atoms with Crippen LogP contribution in [0.5, 0.6) is 0 Å². The second-order valence-electron chi connectivity index (χ2n) is 3.37. The Bertz CT molecular complexity index is 609. The maximum Gasteiger partial charge on any atom is 0.234 e. The molecular weight excluding hydrogens is 206 g/mol. The van der Waals surface area contributed by atoms with E-state index in [9.17, 15) is 0 Å². The van der Waals surface area contributed by atoms with E-state index in [1.54, 1.807) is 17.5 Å². The van der Waals surface area contributed by atoms with E-state index in [1.165, 1.54) is 10.4 Å². The van der Waals surface area contributed by atoms with E-state index in [2.05, 4.69) is 28.3 Å². The van der Waals surface area contributed by atoms with Gasteiger partial charge in [-0.05, 0) is 30.0 Å². The lowest BCUT2D eigenvalue weighted by molar-refractivity contribution is 1.11. The molecule has 0 N–H and O–H groups in total. The van der Waals surface area contributed by atoms with Crippen LogP contribution in [0.15, 0.2) is 36.1 Å². The summed E-state index contributed by atoms with van der Waals surface area (Å²) in [6, 6.07) is 4.04. The van der Waals surface area contributed by atoms with Gasteiger partial charge in [0.1, 0.15) is 0 Å². The maximum absolute atomic E-state index is 4.27. The van der Waals surface area contributed by atoms with E-state index in [4.69, 9.17) is 0 Å². The standard InChI is InChI=1S/C11H9N3S/c1-8-3-6-15-10(8)9-7-13-11-12-4-2-5-14(9)11/h2-7H,1H3. The smallest absolute Gasteiger partial charge is 0.234 e. The number of hydrogen-bond donors (Lipinski definition) is 0. The van der Waals surface area contributed by atoms with Crippen molar-refractivity contribution in [2.45, 2.75) is 6.92 Å². The van der Waals surface area contributed by atoms with Gasteiger partial charge in [0.25, 0.3) is 0 Å². The van der Waals surface area contributed by atoms with Crippen LogP contribution in [0.4, 0.5) is 0 Å². The first-order chi connectivity index (χ1) is 7.36. The molecule has 0 spiro atoms. The summed E-state index contributed by atoms with van der Waals surface area (Å²) in [6.07, 6.45) is 5.62. The predicted molar refractivity (Wildman–Crippen MR) is 61.0 cm³/mol. The van der Waals surface area contributed by atoms with Gasteiger partial charge in [0.2, 0.25) is 5.78 Å². The van der Waals surface area contributed by atoms with E-state index in [1.807, 2.05) is 22.9 Å². The number of rotatable bonds is 1. The van der Waals surface area contributed by atoms with Crippen molar-refractivity contribution in [2.24, 2.45) is 0 Å². The Morgan fingerprint density at radius 1 is 1.33 bits per heavy atom. The zero-order valence-corrected chi connectivity index (χ0v) is 9.03. The molecule has 0 fully saturated rings. The molecule has 0 saturated heterocycles. The summed E-state index contributed by atoms with van der Waals surface area (Å²) in [6.45, 7) is 2.11. The first-order valence-electron chi connectivity index (χ1n) is 4.69. The zero-order chi connectivity index (χ0) is 10.3. The molecule has 0 saturated carbocycles. The monoisotopic (exact) mass is 215 g/mol. The third-order valence-electron chi connectivity index (χ3n) is 2.38. The topological polar surface area (TPSA) is 30.2 Å². The molecule has 0 amide bonds. The SMILES string of the molecule is Cc1ccsc1-c1cnc2ncccn12. The lowest BCUT2D eigenvalue weighted by Crippen LogP contribution is -1.88. The van der Waals surface area contributed by atoms with Gasteiger partial charge in [-0.25, -0.2) is 9.97 Å². The first-order valence-corrected chi connectivity index (χ1v) is 5.57. The second kappa shape index (κ2) is 3.17. The normalized spacial score (nSPS) is 11.0. The van der Waals surface area contributed by atoms with Crippen molar-refractivity contribution in [3.8, 4) is 10.6 Å². The fourth-order valence-corrected chi connectivity index (χ4v) is 2.56. The molecule has 0 aliphatic heterocycles. The molecule has 0 radical (unpaired) electrons. The van der Waals surface area contributed by atoms with Crippen LogP contribution in [0.3, 0.4) is 0 Å². The van der Waals surface area contributed by atoms with Crippen LogP contribution in [-0.2, 0) is 0 Å². The van der Waals surface area contributed by atoms with Crippen molar-refractivity contribution in [2.75, 3.05) is 0 Å². The van der Waals surface area contributed by atoms with Crippen LogP contribution >= 0.6 is 11.3 Å². The number of nitrogens with zero attached hydrogens (tertiary/aromatic N) is 3. The highest BCUT2D eigenvalue weighted by atomic mass is 32.1. The molecule has 0 aliphatic carbocycles. The Kier molecular flexibility index (Phi) is 1.82. The van der Waals surface area contributed by atoms with E-state index >= 15 is 0 Å². The average Bonchev–Trinajstić information content (AvgIpc) is 2.83. The van der Waals surface area contributed by atoms with E-state index in [0.29, 0.717) is 0 Å². The molecule has 3 nitrogen and oxygen atoms in total. The van der Waals surface area contributed by atoms with Crippen molar-refractivity contribution in [1.82, 2.24) is 14.4 Å². The molecule has 3 aromatic heterocycles. The molecule has 0 atom stereocenters. The van der Waals surface area contributed by atoms with E-state index < -0.39 is 0 Å². The zero-order valence-electron chi connectivity index (χ0n) is 8.21. The molecule has 4 heteroatoms. The number of fused-ring (bicyclic) bond motifs is 1. The number of imidazole rings is 1. The van der Waals surface area contributed by atoms with Crippen LogP contribution in [0.1, 0.15) is 5.56 Å². The van der Waals surface area contributed by atoms with Crippen molar-refractivity contribution < 1.29 is 0 Å². The minimum Gasteiger partial charge on any atom is -0.283 e. The Labute approximate surface area is 91.1 Å². The molecule has 0 unspecified atom stereocenters.